The molecule has 9 heteroatoms. The van der Waals surface area contributed by atoms with Gasteiger partial charge in [-0.2, -0.15) is 21.6 Å². The highest BCUT2D eigenvalue weighted by Crippen LogP contribution is 2.32. The fourth-order valence-corrected chi connectivity index (χ4v) is 2.90. The highest BCUT2D eigenvalue weighted by molar-refractivity contribution is 7.87. The smallest absolute Gasteiger partial charge is 0.492 e. The maximum Gasteiger partial charge on any atom is 0.492 e. The van der Waals surface area contributed by atoms with Crippen LogP contribution in [0.3, 0.4) is 0 Å². The van der Waals surface area contributed by atoms with Crippen molar-refractivity contribution in [2.75, 3.05) is 7.11 Å². The molecule has 0 aliphatic heterocycles. The molecule has 0 saturated carbocycles. The molecular formula is C13H9F3O5S. The van der Waals surface area contributed by atoms with Crippen LogP contribution >= 0.6 is 0 Å². The van der Waals surface area contributed by atoms with Crippen molar-refractivity contribution in [2.24, 2.45) is 0 Å². The molecule has 2 aromatic rings. The Labute approximate surface area is 123 Å². The van der Waals surface area contributed by atoms with Crippen LogP contribution in [0.15, 0.2) is 41.3 Å². The Morgan fingerprint density at radius 1 is 1.05 bits per heavy atom. The lowest BCUT2D eigenvalue weighted by atomic mass is 10.1. The molecule has 0 atom stereocenters. The second-order valence-electron chi connectivity index (χ2n) is 4.13. The summed E-state index contributed by atoms with van der Waals surface area (Å²) < 4.78 is 69.0. The van der Waals surface area contributed by atoms with E-state index in [1.165, 1.54) is 31.4 Å². The zero-order chi connectivity index (χ0) is 16.5. The first kappa shape index (κ1) is 16.1. The van der Waals surface area contributed by atoms with Gasteiger partial charge in [0, 0.05) is 10.8 Å². The first-order chi connectivity index (χ1) is 10.2. The fourth-order valence-electron chi connectivity index (χ4n) is 1.83. The van der Waals surface area contributed by atoms with E-state index >= 15 is 0 Å². The Bertz CT molecular complexity index is 827. The normalized spacial score (nSPS) is 12.2. The number of fused-ring (bicyclic) bond motifs is 1. The van der Waals surface area contributed by atoms with Crippen molar-refractivity contribution >= 4 is 26.9 Å². The van der Waals surface area contributed by atoms with Gasteiger partial charge in [0.2, 0.25) is 0 Å². The predicted molar refractivity (Wildman–Crippen MR) is 69.8 cm³/mol. The van der Waals surface area contributed by atoms with Gasteiger partial charge in [0.05, 0.1) is 7.11 Å². The summed E-state index contributed by atoms with van der Waals surface area (Å²) >= 11 is 0. The number of carbonyl (C=O) groups is 1. The van der Waals surface area contributed by atoms with E-state index in [9.17, 15) is 26.4 Å². The van der Waals surface area contributed by atoms with Gasteiger partial charge in [0.15, 0.2) is 0 Å². The number of halogens is 3. The average molecular weight is 334 g/mol. The van der Waals surface area contributed by atoms with Crippen molar-refractivity contribution in [3.8, 4) is 5.75 Å². The largest absolute Gasteiger partial charge is 0.496 e. The second kappa shape index (κ2) is 5.48. The number of ether oxygens (including phenoxy) is 1. The zero-order valence-electron chi connectivity index (χ0n) is 11.0. The van der Waals surface area contributed by atoms with Crippen LogP contribution in [0, 0.1) is 0 Å². The molecule has 0 fully saturated rings. The number of benzene rings is 2. The van der Waals surface area contributed by atoms with Gasteiger partial charge in [-0.05, 0) is 12.1 Å². The lowest BCUT2D eigenvalue weighted by molar-refractivity contribution is -0.189. The molecule has 22 heavy (non-hydrogen) atoms. The molecule has 118 valence electrons. The molecule has 0 aliphatic rings. The first-order valence-corrected chi connectivity index (χ1v) is 7.19. The zero-order valence-corrected chi connectivity index (χ0v) is 11.9. The van der Waals surface area contributed by atoms with Crippen molar-refractivity contribution in [3.05, 3.63) is 36.4 Å². The Balaban J connectivity index is 2.58. The van der Waals surface area contributed by atoms with E-state index in [1.807, 2.05) is 0 Å². The minimum Gasteiger partial charge on any atom is -0.496 e. The summed E-state index contributed by atoms with van der Waals surface area (Å²) in [6.45, 7) is 0. The Hall–Kier alpha value is -2.29. The Morgan fingerprint density at radius 3 is 2.18 bits per heavy atom. The van der Waals surface area contributed by atoms with E-state index in [-0.39, 0.29) is 5.39 Å². The fraction of sp³-hybridized carbons (Fsp3) is 0.154. The minimum absolute atomic E-state index is 0.0804. The summed E-state index contributed by atoms with van der Waals surface area (Å²) in [6.07, 6.45) is -5.41. The molecule has 0 N–H and O–H groups in total. The van der Waals surface area contributed by atoms with E-state index in [0.29, 0.717) is 11.1 Å². The summed E-state index contributed by atoms with van der Waals surface area (Å²) in [5.41, 5.74) is 0. The second-order valence-corrected chi connectivity index (χ2v) is 5.65. The monoisotopic (exact) mass is 334 g/mol. The summed E-state index contributed by atoms with van der Waals surface area (Å²) in [7, 11) is -3.56. The van der Waals surface area contributed by atoms with Crippen molar-refractivity contribution in [2.45, 2.75) is 11.1 Å². The summed E-state index contributed by atoms with van der Waals surface area (Å²) in [4.78, 5) is 10.2. The van der Waals surface area contributed by atoms with Gasteiger partial charge in [-0.1, -0.05) is 24.3 Å². The Morgan fingerprint density at radius 2 is 1.64 bits per heavy atom. The number of hydrogen-bond acceptors (Lipinski definition) is 5. The molecule has 0 unspecified atom stereocenters. The first-order valence-electron chi connectivity index (χ1n) is 5.78. The number of carbonyl (C=O) groups excluding carboxylic acids is 1. The van der Waals surface area contributed by atoms with Gasteiger partial charge in [-0.25, -0.2) is 4.79 Å². The average Bonchev–Trinajstić information content (AvgIpc) is 2.44. The summed E-state index contributed by atoms with van der Waals surface area (Å²) in [5, 5.41) is 0.436. The highest BCUT2D eigenvalue weighted by Gasteiger charge is 2.44. The lowest BCUT2D eigenvalue weighted by Crippen LogP contribution is -2.28. The molecule has 5 nitrogen and oxygen atoms in total. The van der Waals surface area contributed by atoms with Gasteiger partial charge in [0.25, 0.3) is 0 Å². The third-order valence-electron chi connectivity index (χ3n) is 2.75. The van der Waals surface area contributed by atoms with Crippen molar-refractivity contribution in [3.63, 3.8) is 0 Å². The van der Waals surface area contributed by atoms with Crippen LogP contribution in [-0.4, -0.2) is 27.7 Å². The number of hydrogen-bond donors (Lipinski definition) is 0. The molecule has 0 bridgehead atoms. The maximum atomic E-state index is 12.2. The number of alkyl halides is 3. The van der Waals surface area contributed by atoms with E-state index in [1.54, 1.807) is 6.07 Å². The lowest BCUT2D eigenvalue weighted by Gasteiger charge is -2.11. The molecular weight excluding hydrogens is 325 g/mol. The van der Waals surface area contributed by atoms with Crippen LogP contribution in [0.1, 0.15) is 0 Å². The molecule has 0 aromatic heterocycles. The highest BCUT2D eigenvalue weighted by atomic mass is 32.2. The topological polar surface area (TPSA) is 69.7 Å². The third kappa shape index (κ3) is 2.98. The molecule has 0 spiro atoms. The van der Waals surface area contributed by atoms with Crippen LogP contribution in [0.2, 0.25) is 0 Å². The molecule has 0 radical (unpaired) electrons. The molecule has 0 heterocycles. The summed E-state index contributed by atoms with van der Waals surface area (Å²) in [5.74, 6) is -2.47. The van der Waals surface area contributed by atoms with Crippen LogP contribution < -0.4 is 4.74 Å². The number of rotatable bonds is 3. The standard InChI is InChI=1S/C13H9F3O5S/c1-20-10-6-7-11(9-5-3-2-4-8(9)10)22(18,19)21-12(17)13(14,15)16/h2-7H,1H3. The molecule has 2 aromatic carbocycles. The van der Waals surface area contributed by atoms with Gasteiger partial charge in [0.1, 0.15) is 10.6 Å². The van der Waals surface area contributed by atoms with Crippen molar-refractivity contribution in [1.82, 2.24) is 0 Å². The molecule has 0 saturated heterocycles. The van der Waals surface area contributed by atoms with Crippen LogP contribution in [0.4, 0.5) is 13.2 Å². The minimum atomic E-state index is -5.41. The molecule has 0 aliphatic carbocycles. The van der Waals surface area contributed by atoms with Crippen LogP contribution in [0.25, 0.3) is 10.8 Å². The number of methoxy groups -OCH3 is 1. The molecule has 2 rings (SSSR count). The predicted octanol–water partition coefficient (Wildman–Crippen LogP) is 2.64. The van der Waals surface area contributed by atoms with Crippen molar-refractivity contribution < 1.29 is 35.3 Å². The van der Waals surface area contributed by atoms with Gasteiger partial charge >= 0.3 is 22.3 Å². The van der Waals surface area contributed by atoms with Crippen LogP contribution in [-0.2, 0) is 19.1 Å². The van der Waals surface area contributed by atoms with Crippen LogP contribution in [0.5, 0.6) is 5.75 Å². The van der Waals surface area contributed by atoms with E-state index in [0.717, 1.165) is 6.07 Å². The van der Waals surface area contributed by atoms with E-state index in [2.05, 4.69) is 4.18 Å². The summed E-state index contributed by atoms with van der Waals surface area (Å²) in [6, 6.07) is 8.26. The van der Waals surface area contributed by atoms with Gasteiger partial charge in [-0.15, -0.1) is 0 Å². The maximum absolute atomic E-state index is 12.2. The quantitative estimate of drug-likeness (QED) is 0.807. The van der Waals surface area contributed by atoms with Gasteiger partial charge in [-0.3, -0.25) is 0 Å². The van der Waals surface area contributed by atoms with E-state index in [4.69, 9.17) is 4.74 Å². The SMILES string of the molecule is COc1ccc(S(=O)(=O)OC(=O)C(F)(F)F)c2ccccc12. The third-order valence-corrected chi connectivity index (χ3v) is 4.02. The molecule has 0 amide bonds. The van der Waals surface area contributed by atoms with E-state index < -0.39 is 27.2 Å². The Kier molecular flexibility index (Phi) is 4.01. The van der Waals surface area contributed by atoms with Gasteiger partial charge < -0.3 is 8.92 Å². The van der Waals surface area contributed by atoms with Crippen molar-refractivity contribution in [1.29, 1.82) is 0 Å².